The number of hydrogen-bond donors (Lipinski definition) is 1. The minimum absolute atomic E-state index is 0.109. The Bertz CT molecular complexity index is 190. The highest BCUT2D eigenvalue weighted by molar-refractivity contribution is 5.05. The molecule has 0 aromatic carbocycles. The number of aliphatic hydroxyl groups is 1. The summed E-state index contributed by atoms with van der Waals surface area (Å²) in [7, 11) is 0. The average Bonchev–Trinajstić information content (AvgIpc) is 2.76. The molecule has 0 radical (unpaired) electrons. The maximum atomic E-state index is 10.2. The smallest absolute Gasteiger partial charge is 0.113 e. The number of fused-ring (bicyclic) bond motifs is 1. The molecular formula is C10H16O2. The first-order chi connectivity index (χ1) is 5.76. The summed E-state index contributed by atoms with van der Waals surface area (Å²) in [6.45, 7) is 3.67. The zero-order chi connectivity index (χ0) is 8.60. The van der Waals surface area contributed by atoms with Gasteiger partial charge in [0.05, 0.1) is 11.7 Å². The van der Waals surface area contributed by atoms with Crippen LogP contribution < -0.4 is 0 Å². The molecule has 2 fully saturated rings. The second kappa shape index (κ2) is 2.86. The Kier molecular flexibility index (Phi) is 1.97. The van der Waals surface area contributed by atoms with Crippen molar-refractivity contribution in [2.45, 2.75) is 49.9 Å². The molecule has 1 N–H and O–H groups in total. The molecule has 2 heteroatoms. The third kappa shape index (κ3) is 1.29. The van der Waals surface area contributed by atoms with Gasteiger partial charge in [0, 0.05) is 0 Å². The van der Waals surface area contributed by atoms with Crippen LogP contribution >= 0.6 is 0 Å². The van der Waals surface area contributed by atoms with E-state index in [0.29, 0.717) is 12.5 Å². The van der Waals surface area contributed by atoms with Crippen LogP contribution in [0, 0.1) is 0 Å². The maximum Gasteiger partial charge on any atom is 0.113 e. The molecule has 1 saturated carbocycles. The summed E-state index contributed by atoms with van der Waals surface area (Å²) in [6.07, 6.45) is 7.25. The van der Waals surface area contributed by atoms with E-state index < -0.39 is 5.60 Å². The second-order valence-electron chi connectivity index (χ2n) is 3.94. The zero-order valence-corrected chi connectivity index (χ0v) is 7.33. The molecule has 2 rings (SSSR count). The summed E-state index contributed by atoms with van der Waals surface area (Å²) in [5, 5.41) is 10.2. The minimum atomic E-state index is -0.594. The molecule has 68 valence electrons. The van der Waals surface area contributed by atoms with Gasteiger partial charge in [-0.25, -0.2) is 0 Å². The van der Waals surface area contributed by atoms with Gasteiger partial charge in [-0.1, -0.05) is 18.9 Å². The van der Waals surface area contributed by atoms with Gasteiger partial charge < -0.3 is 9.84 Å². The Hall–Kier alpha value is -0.340. The molecule has 1 saturated heterocycles. The van der Waals surface area contributed by atoms with Gasteiger partial charge in [0.25, 0.3) is 0 Å². The molecule has 12 heavy (non-hydrogen) atoms. The lowest BCUT2D eigenvalue weighted by Gasteiger charge is -2.23. The Morgan fingerprint density at radius 3 is 3.17 bits per heavy atom. The molecule has 0 aromatic heterocycles. The van der Waals surface area contributed by atoms with Crippen molar-refractivity contribution in [3.63, 3.8) is 0 Å². The predicted octanol–water partition coefficient (Wildman–Crippen LogP) is 1.64. The molecule has 1 heterocycles. The standard InChI is InChI=1S/C10H16O2/c1-2-6-10(11)7-4-3-5-8-9(10)12-8/h2,8-9,11H,1,3-7H2/t8-,9-,10-/m1/s1. The molecule has 1 aliphatic heterocycles. The molecule has 0 aromatic rings. The molecule has 3 atom stereocenters. The summed E-state index contributed by atoms with van der Waals surface area (Å²) in [4.78, 5) is 0. The first kappa shape index (κ1) is 8.27. The molecule has 1 aliphatic carbocycles. The summed E-state index contributed by atoms with van der Waals surface area (Å²) in [6, 6.07) is 0. The quantitative estimate of drug-likeness (QED) is 0.502. The van der Waals surface area contributed by atoms with Crippen LogP contribution in [0.4, 0.5) is 0 Å². The van der Waals surface area contributed by atoms with Gasteiger partial charge in [0.1, 0.15) is 6.10 Å². The second-order valence-corrected chi connectivity index (χ2v) is 3.94. The van der Waals surface area contributed by atoms with Crippen LogP contribution in [0.25, 0.3) is 0 Å². The Labute approximate surface area is 73.2 Å². The van der Waals surface area contributed by atoms with Crippen LogP contribution in [-0.4, -0.2) is 22.9 Å². The number of rotatable bonds is 2. The Morgan fingerprint density at radius 2 is 2.42 bits per heavy atom. The van der Waals surface area contributed by atoms with E-state index in [1.165, 1.54) is 6.42 Å². The van der Waals surface area contributed by atoms with Gasteiger partial charge in [-0.15, -0.1) is 6.58 Å². The summed E-state index contributed by atoms with van der Waals surface area (Å²) in [5.74, 6) is 0. The van der Waals surface area contributed by atoms with Crippen LogP contribution in [0.5, 0.6) is 0 Å². The average molecular weight is 168 g/mol. The fourth-order valence-corrected chi connectivity index (χ4v) is 2.22. The molecule has 0 amide bonds. The van der Waals surface area contributed by atoms with Crippen molar-refractivity contribution >= 4 is 0 Å². The van der Waals surface area contributed by atoms with Crippen LogP contribution in [0.3, 0.4) is 0 Å². The topological polar surface area (TPSA) is 32.8 Å². The van der Waals surface area contributed by atoms with E-state index in [0.717, 1.165) is 19.3 Å². The van der Waals surface area contributed by atoms with Gasteiger partial charge in [0.2, 0.25) is 0 Å². The molecule has 0 bridgehead atoms. The number of hydrogen-bond acceptors (Lipinski definition) is 2. The van der Waals surface area contributed by atoms with E-state index in [1.54, 1.807) is 6.08 Å². The highest BCUT2D eigenvalue weighted by Gasteiger charge is 2.53. The van der Waals surface area contributed by atoms with Crippen molar-refractivity contribution in [2.75, 3.05) is 0 Å². The van der Waals surface area contributed by atoms with Gasteiger partial charge in [-0.3, -0.25) is 0 Å². The first-order valence-electron chi connectivity index (χ1n) is 4.75. The van der Waals surface area contributed by atoms with E-state index in [9.17, 15) is 5.11 Å². The lowest BCUT2D eigenvalue weighted by molar-refractivity contribution is 0.00481. The summed E-state index contributed by atoms with van der Waals surface area (Å²) >= 11 is 0. The van der Waals surface area contributed by atoms with Crippen molar-refractivity contribution in [1.29, 1.82) is 0 Å². The van der Waals surface area contributed by atoms with E-state index in [-0.39, 0.29) is 6.10 Å². The van der Waals surface area contributed by atoms with E-state index in [1.807, 2.05) is 0 Å². The van der Waals surface area contributed by atoms with Crippen molar-refractivity contribution in [3.8, 4) is 0 Å². The van der Waals surface area contributed by atoms with Crippen LogP contribution in [0.2, 0.25) is 0 Å². The normalized spacial score (nSPS) is 46.1. The predicted molar refractivity (Wildman–Crippen MR) is 46.9 cm³/mol. The maximum absolute atomic E-state index is 10.2. The van der Waals surface area contributed by atoms with Crippen molar-refractivity contribution < 1.29 is 9.84 Å². The summed E-state index contributed by atoms with van der Waals surface area (Å²) in [5.41, 5.74) is -0.594. The van der Waals surface area contributed by atoms with E-state index >= 15 is 0 Å². The van der Waals surface area contributed by atoms with Crippen LogP contribution in [0.1, 0.15) is 32.1 Å². The van der Waals surface area contributed by atoms with Crippen LogP contribution in [0.15, 0.2) is 12.7 Å². The molecule has 0 unspecified atom stereocenters. The number of epoxide rings is 1. The highest BCUT2D eigenvalue weighted by Crippen LogP contribution is 2.43. The largest absolute Gasteiger partial charge is 0.387 e. The third-order valence-electron chi connectivity index (χ3n) is 2.96. The fraction of sp³-hybridized carbons (Fsp3) is 0.800. The summed E-state index contributed by atoms with van der Waals surface area (Å²) < 4.78 is 5.43. The SMILES string of the molecule is C=CC[C@@]1(O)CCCC[C@H]2O[C@H]21. The molecular weight excluding hydrogens is 152 g/mol. The lowest BCUT2D eigenvalue weighted by atomic mass is 9.90. The molecule has 0 spiro atoms. The van der Waals surface area contributed by atoms with Crippen LogP contribution in [-0.2, 0) is 4.74 Å². The highest BCUT2D eigenvalue weighted by atomic mass is 16.6. The molecule has 2 nitrogen and oxygen atoms in total. The van der Waals surface area contributed by atoms with Crippen molar-refractivity contribution in [2.24, 2.45) is 0 Å². The van der Waals surface area contributed by atoms with E-state index in [4.69, 9.17) is 4.74 Å². The molecule has 2 aliphatic rings. The Morgan fingerprint density at radius 1 is 1.58 bits per heavy atom. The van der Waals surface area contributed by atoms with Gasteiger partial charge in [-0.05, 0) is 19.3 Å². The fourth-order valence-electron chi connectivity index (χ4n) is 2.22. The Balaban J connectivity index is 2.06. The van der Waals surface area contributed by atoms with Crippen molar-refractivity contribution in [1.82, 2.24) is 0 Å². The van der Waals surface area contributed by atoms with Gasteiger partial charge in [0.15, 0.2) is 0 Å². The van der Waals surface area contributed by atoms with Gasteiger partial charge in [-0.2, -0.15) is 0 Å². The monoisotopic (exact) mass is 168 g/mol. The van der Waals surface area contributed by atoms with Crippen molar-refractivity contribution in [3.05, 3.63) is 12.7 Å². The lowest BCUT2D eigenvalue weighted by Crippen LogP contribution is -2.34. The zero-order valence-electron chi connectivity index (χ0n) is 7.33. The van der Waals surface area contributed by atoms with Gasteiger partial charge >= 0.3 is 0 Å². The van der Waals surface area contributed by atoms with E-state index in [2.05, 4.69) is 6.58 Å². The first-order valence-corrected chi connectivity index (χ1v) is 4.75. The number of ether oxygens (including phenoxy) is 1. The third-order valence-corrected chi connectivity index (χ3v) is 2.96. The minimum Gasteiger partial charge on any atom is -0.387 e.